The van der Waals surface area contributed by atoms with E-state index in [0.29, 0.717) is 50.0 Å². The molecule has 10 heteroatoms. The lowest BCUT2D eigenvalue weighted by atomic mass is 9.81. The van der Waals surface area contributed by atoms with Gasteiger partial charge in [0, 0.05) is 32.7 Å². The third-order valence-corrected chi connectivity index (χ3v) is 8.64. The van der Waals surface area contributed by atoms with Crippen molar-refractivity contribution >= 4 is 12.0 Å². The van der Waals surface area contributed by atoms with Gasteiger partial charge in [-0.3, -0.25) is 9.69 Å². The number of hydrogen-bond acceptors (Lipinski definition) is 7. The fraction of sp³-hybridized carbons (Fsp3) is 0.486. The summed E-state index contributed by atoms with van der Waals surface area (Å²) in [7, 11) is 0. The van der Waals surface area contributed by atoms with Crippen LogP contribution in [0.3, 0.4) is 0 Å². The number of piperidine rings is 3. The van der Waals surface area contributed by atoms with Gasteiger partial charge in [-0.15, -0.1) is 0 Å². The molecule has 45 heavy (non-hydrogen) atoms. The Hall–Kier alpha value is -3.86. The highest BCUT2D eigenvalue weighted by Crippen LogP contribution is 2.39. The van der Waals surface area contributed by atoms with Crippen molar-refractivity contribution in [2.45, 2.75) is 64.5 Å². The molecule has 2 bridgehead atoms. The van der Waals surface area contributed by atoms with Crippen LogP contribution in [-0.2, 0) is 16.1 Å². The number of nitrogens with one attached hydrogen (secondary N) is 1. The number of carbonyl (C=O) groups excluding carboxylic acids is 1. The van der Waals surface area contributed by atoms with Crippen LogP contribution in [0.25, 0.3) is 0 Å². The standard InChI is InChI=1S/C35H45N3O7/c1-3-42-32(43-4-2)14-9-19-36-34(39)31-16-15-29(45-31)24-44-28-13-8-12-27(22-28)33(26-10-6-5-7-11-26)38(35(40)41)30-23-37-20-17-25(30)18-21-37/h5-8,10-13,15-16,22,25,30,32-33H,3-4,9,14,17-21,23-24H2,1-2H3,(H,36,39)(H,40,41)/t30-,33-/m0/s1. The van der Waals surface area contributed by atoms with E-state index >= 15 is 0 Å². The van der Waals surface area contributed by atoms with Gasteiger partial charge in [-0.1, -0.05) is 42.5 Å². The highest BCUT2D eigenvalue weighted by atomic mass is 16.7. The molecule has 10 nitrogen and oxygen atoms in total. The molecule has 0 aliphatic carbocycles. The van der Waals surface area contributed by atoms with Crippen LogP contribution >= 0.6 is 0 Å². The van der Waals surface area contributed by atoms with Crippen LogP contribution in [-0.4, -0.2) is 78.6 Å². The van der Waals surface area contributed by atoms with Crippen molar-refractivity contribution in [3.63, 3.8) is 0 Å². The number of hydrogen-bond donors (Lipinski definition) is 2. The molecule has 242 valence electrons. The van der Waals surface area contributed by atoms with Crippen molar-refractivity contribution < 1.29 is 33.3 Å². The van der Waals surface area contributed by atoms with Gasteiger partial charge in [0.1, 0.15) is 18.1 Å². The first kappa shape index (κ1) is 32.5. The first-order valence-electron chi connectivity index (χ1n) is 16.1. The lowest BCUT2D eigenvalue weighted by molar-refractivity contribution is -0.139. The number of nitrogens with zero attached hydrogens (tertiary/aromatic N) is 2. The molecular weight excluding hydrogens is 574 g/mol. The Morgan fingerprint density at radius 2 is 1.73 bits per heavy atom. The highest BCUT2D eigenvalue weighted by Gasteiger charge is 2.43. The zero-order valence-electron chi connectivity index (χ0n) is 26.2. The highest BCUT2D eigenvalue weighted by molar-refractivity contribution is 5.91. The summed E-state index contributed by atoms with van der Waals surface area (Å²) in [4.78, 5) is 29.6. The SMILES string of the molecule is CCOC(CCCNC(=O)c1ccc(COc2cccc([C@H](c3ccccc3)N(C(=O)O)[C@H]3CN4CCC3CC4)c2)o1)OCC. The molecule has 2 amide bonds. The van der Waals surface area contributed by atoms with Gasteiger partial charge < -0.3 is 34.0 Å². The molecule has 0 radical (unpaired) electrons. The maximum atomic E-state index is 12.9. The number of amides is 2. The fourth-order valence-corrected chi connectivity index (χ4v) is 6.49. The number of carboxylic acid groups (broad SMARTS) is 1. The van der Waals surface area contributed by atoms with Crippen molar-refractivity contribution in [2.24, 2.45) is 5.92 Å². The predicted octanol–water partition coefficient (Wildman–Crippen LogP) is 5.93. The first-order chi connectivity index (χ1) is 22.0. The Morgan fingerprint density at radius 3 is 2.40 bits per heavy atom. The van der Waals surface area contributed by atoms with Crippen molar-refractivity contribution in [1.29, 1.82) is 0 Å². The topological polar surface area (TPSA) is 114 Å². The van der Waals surface area contributed by atoms with Crippen LogP contribution in [0.1, 0.15) is 73.0 Å². The molecule has 2 atom stereocenters. The van der Waals surface area contributed by atoms with Gasteiger partial charge in [0.05, 0.1) is 12.1 Å². The molecule has 0 unspecified atom stereocenters. The molecule has 0 spiro atoms. The Balaban J connectivity index is 1.23. The van der Waals surface area contributed by atoms with Gasteiger partial charge in [-0.25, -0.2) is 4.79 Å². The summed E-state index contributed by atoms with van der Waals surface area (Å²) in [5.74, 6) is 1.38. The van der Waals surface area contributed by atoms with Gasteiger partial charge in [-0.2, -0.15) is 0 Å². The third kappa shape index (κ3) is 8.45. The Kier molecular flexibility index (Phi) is 11.5. The van der Waals surface area contributed by atoms with E-state index in [1.165, 1.54) is 0 Å². The molecule has 2 aromatic carbocycles. The Bertz CT molecular complexity index is 1370. The number of rotatable bonds is 16. The minimum Gasteiger partial charge on any atom is -0.486 e. The van der Waals surface area contributed by atoms with Gasteiger partial charge in [0.15, 0.2) is 12.1 Å². The smallest absolute Gasteiger partial charge is 0.408 e. The van der Waals surface area contributed by atoms with Gasteiger partial charge in [-0.05, 0) is 87.5 Å². The molecule has 2 N–H and O–H groups in total. The molecule has 1 aromatic heterocycles. The van der Waals surface area contributed by atoms with Gasteiger partial charge >= 0.3 is 6.09 Å². The van der Waals surface area contributed by atoms with E-state index in [4.69, 9.17) is 18.6 Å². The summed E-state index contributed by atoms with van der Waals surface area (Å²) < 4.78 is 23.0. The molecule has 3 aromatic rings. The van der Waals surface area contributed by atoms with E-state index in [9.17, 15) is 14.7 Å². The molecule has 3 saturated heterocycles. The second-order valence-electron chi connectivity index (χ2n) is 11.6. The van der Waals surface area contributed by atoms with E-state index in [0.717, 1.165) is 43.6 Å². The lowest BCUT2D eigenvalue weighted by Gasteiger charge is -2.50. The van der Waals surface area contributed by atoms with E-state index in [1.54, 1.807) is 17.0 Å². The summed E-state index contributed by atoms with van der Waals surface area (Å²) in [5, 5.41) is 13.4. The van der Waals surface area contributed by atoms with Crippen molar-refractivity contribution in [3.05, 3.63) is 89.4 Å². The molecule has 3 fully saturated rings. The normalized spacial score (nSPS) is 19.8. The largest absolute Gasteiger partial charge is 0.486 e. The summed E-state index contributed by atoms with van der Waals surface area (Å²) in [6.07, 6.45) is 2.26. The molecule has 3 aliphatic heterocycles. The molecule has 6 rings (SSSR count). The average Bonchev–Trinajstić information content (AvgIpc) is 3.55. The number of ether oxygens (including phenoxy) is 3. The Labute approximate surface area is 265 Å². The molecular formula is C35H45N3O7. The van der Waals surface area contributed by atoms with E-state index in [-0.39, 0.29) is 30.6 Å². The average molecular weight is 620 g/mol. The minimum absolute atomic E-state index is 0.0803. The maximum absolute atomic E-state index is 12.9. The van der Waals surface area contributed by atoms with E-state index < -0.39 is 12.1 Å². The number of furan rings is 1. The fourth-order valence-electron chi connectivity index (χ4n) is 6.49. The predicted molar refractivity (Wildman–Crippen MR) is 169 cm³/mol. The maximum Gasteiger partial charge on any atom is 0.408 e. The van der Waals surface area contributed by atoms with Gasteiger partial charge in [0.2, 0.25) is 0 Å². The van der Waals surface area contributed by atoms with Gasteiger partial charge in [0.25, 0.3) is 5.91 Å². The summed E-state index contributed by atoms with van der Waals surface area (Å²) in [6.45, 7) is 8.43. The summed E-state index contributed by atoms with van der Waals surface area (Å²) >= 11 is 0. The number of fused-ring (bicyclic) bond motifs is 3. The zero-order chi connectivity index (χ0) is 31.6. The van der Waals surface area contributed by atoms with E-state index in [2.05, 4.69) is 10.2 Å². The summed E-state index contributed by atoms with van der Waals surface area (Å²) in [5.41, 5.74) is 1.76. The second kappa shape index (κ2) is 15.9. The quantitative estimate of drug-likeness (QED) is 0.150. The molecule has 0 saturated carbocycles. The van der Waals surface area contributed by atoms with Crippen molar-refractivity contribution in [2.75, 3.05) is 39.4 Å². The first-order valence-corrected chi connectivity index (χ1v) is 16.1. The van der Waals surface area contributed by atoms with Crippen molar-refractivity contribution in [1.82, 2.24) is 15.1 Å². The van der Waals surface area contributed by atoms with Crippen molar-refractivity contribution in [3.8, 4) is 5.75 Å². The summed E-state index contributed by atoms with van der Waals surface area (Å²) in [6, 6.07) is 20.2. The zero-order valence-corrected chi connectivity index (χ0v) is 26.2. The Morgan fingerprint density at radius 1 is 1.00 bits per heavy atom. The van der Waals surface area contributed by atoms with Crippen LogP contribution in [0.15, 0.2) is 71.1 Å². The monoisotopic (exact) mass is 619 g/mol. The van der Waals surface area contributed by atoms with E-state index in [1.807, 2.05) is 68.4 Å². The lowest BCUT2D eigenvalue weighted by Crippen LogP contribution is -2.59. The third-order valence-electron chi connectivity index (χ3n) is 8.64. The van der Waals surface area contributed by atoms with Crippen LogP contribution < -0.4 is 10.1 Å². The second-order valence-corrected chi connectivity index (χ2v) is 11.6. The van der Waals surface area contributed by atoms with Crippen LogP contribution in [0, 0.1) is 5.92 Å². The molecule has 3 aliphatic rings. The number of benzene rings is 2. The van der Waals surface area contributed by atoms with Crippen LogP contribution in [0.2, 0.25) is 0 Å². The van der Waals surface area contributed by atoms with Crippen LogP contribution in [0.5, 0.6) is 5.75 Å². The minimum atomic E-state index is -0.918. The molecule has 4 heterocycles. The van der Waals surface area contributed by atoms with Crippen LogP contribution in [0.4, 0.5) is 4.79 Å². The number of carbonyl (C=O) groups is 2.